The van der Waals surface area contributed by atoms with Gasteiger partial charge in [0.05, 0.1) is 12.0 Å². The molecule has 8 nitrogen and oxygen atoms in total. The van der Waals surface area contributed by atoms with Crippen molar-refractivity contribution in [3.63, 3.8) is 0 Å². The lowest BCUT2D eigenvalue weighted by molar-refractivity contribution is -0.384. The minimum absolute atomic E-state index is 0.0206. The lowest BCUT2D eigenvalue weighted by Crippen LogP contribution is -2.10. The molecule has 2 aromatic rings. The highest BCUT2D eigenvalue weighted by atomic mass is 16.6. The first-order chi connectivity index (χ1) is 10.1. The highest BCUT2D eigenvalue weighted by Crippen LogP contribution is 2.14. The summed E-state index contributed by atoms with van der Waals surface area (Å²) < 4.78 is 4.53. The molecule has 0 fully saturated rings. The van der Waals surface area contributed by atoms with Crippen molar-refractivity contribution < 1.29 is 14.5 Å². The number of hydrogen-bond donors (Lipinski definition) is 1. The molecule has 1 N–H and O–H groups in total. The summed E-state index contributed by atoms with van der Waals surface area (Å²) >= 11 is 0. The number of esters is 1. The first-order valence-electron chi connectivity index (χ1n) is 5.98. The zero-order valence-electron chi connectivity index (χ0n) is 11.1. The number of anilines is 1. The lowest BCUT2D eigenvalue weighted by Gasteiger charge is -2.06. The van der Waals surface area contributed by atoms with Crippen molar-refractivity contribution in [2.45, 2.75) is 6.54 Å². The minimum atomic E-state index is -0.631. The van der Waals surface area contributed by atoms with Gasteiger partial charge in [-0.15, -0.1) is 0 Å². The predicted molar refractivity (Wildman–Crippen MR) is 73.8 cm³/mol. The lowest BCUT2D eigenvalue weighted by atomic mass is 10.2. The van der Waals surface area contributed by atoms with Crippen molar-refractivity contribution in [1.29, 1.82) is 0 Å². The third kappa shape index (κ3) is 3.72. The molecule has 21 heavy (non-hydrogen) atoms. The van der Waals surface area contributed by atoms with Gasteiger partial charge in [0.1, 0.15) is 5.82 Å². The molecule has 0 unspecified atom stereocenters. The fraction of sp³-hybridized carbons (Fsp3) is 0.154. The van der Waals surface area contributed by atoms with E-state index < -0.39 is 10.9 Å². The second kappa shape index (κ2) is 6.42. The van der Waals surface area contributed by atoms with Crippen LogP contribution >= 0.6 is 0 Å². The number of carbonyl (C=O) groups excluding carboxylic acids is 1. The van der Waals surface area contributed by atoms with Crippen LogP contribution in [0.2, 0.25) is 0 Å². The topological polar surface area (TPSA) is 107 Å². The normalized spacial score (nSPS) is 9.95. The number of nitrogens with zero attached hydrogens (tertiary/aromatic N) is 3. The summed E-state index contributed by atoms with van der Waals surface area (Å²) in [6.45, 7) is 0.333. The van der Waals surface area contributed by atoms with Crippen LogP contribution in [0.1, 0.15) is 16.2 Å². The molecule has 0 aliphatic carbocycles. The molecule has 1 heterocycles. The van der Waals surface area contributed by atoms with Gasteiger partial charge in [-0.3, -0.25) is 10.1 Å². The summed E-state index contributed by atoms with van der Waals surface area (Å²) in [5.74, 6) is -0.257. The van der Waals surface area contributed by atoms with Crippen LogP contribution < -0.4 is 5.32 Å². The number of nitrogens with one attached hydrogen (secondary N) is 1. The Balaban J connectivity index is 2.08. The molecule has 1 aromatic carbocycles. The van der Waals surface area contributed by atoms with E-state index in [0.717, 1.165) is 5.56 Å². The molecule has 0 aliphatic heterocycles. The number of nitro groups is 1. The second-order valence-electron chi connectivity index (χ2n) is 4.04. The number of non-ortho nitro benzene ring substituents is 1. The maximum atomic E-state index is 11.3. The Morgan fingerprint density at radius 1 is 1.43 bits per heavy atom. The van der Waals surface area contributed by atoms with Crippen LogP contribution in [-0.2, 0) is 11.3 Å². The quantitative estimate of drug-likeness (QED) is 0.507. The molecule has 2 rings (SSSR count). The van der Waals surface area contributed by atoms with Crippen molar-refractivity contribution in [2.75, 3.05) is 12.4 Å². The largest absolute Gasteiger partial charge is 0.463 e. The van der Waals surface area contributed by atoms with Crippen molar-refractivity contribution in [2.24, 2.45) is 0 Å². The third-order valence-corrected chi connectivity index (χ3v) is 2.62. The van der Waals surface area contributed by atoms with Gasteiger partial charge in [0.15, 0.2) is 0 Å². The van der Waals surface area contributed by atoms with Gasteiger partial charge in [-0.2, -0.15) is 0 Å². The fourth-order valence-corrected chi connectivity index (χ4v) is 1.62. The number of aromatic nitrogens is 2. The molecule has 0 saturated carbocycles. The molecule has 0 bridgehead atoms. The Kier molecular flexibility index (Phi) is 4.39. The van der Waals surface area contributed by atoms with Crippen molar-refractivity contribution in [1.82, 2.24) is 9.97 Å². The maximum absolute atomic E-state index is 11.3. The Morgan fingerprint density at radius 2 is 2.24 bits per heavy atom. The van der Waals surface area contributed by atoms with E-state index in [2.05, 4.69) is 20.0 Å². The smallest absolute Gasteiger partial charge is 0.376 e. The molecule has 0 saturated heterocycles. The second-order valence-corrected chi connectivity index (χ2v) is 4.04. The molecule has 0 radical (unpaired) electrons. The molecule has 8 heteroatoms. The standard InChI is InChI=1S/C13H12N4O4/c1-21-13(18)12-14-6-5-11(16-12)15-8-9-3-2-4-10(7-9)17(19)20/h2-7H,8H2,1H3,(H,14,15,16). The molecule has 108 valence electrons. The average Bonchev–Trinajstić information content (AvgIpc) is 2.52. The van der Waals surface area contributed by atoms with E-state index in [1.165, 1.54) is 25.4 Å². The number of hydrogen-bond acceptors (Lipinski definition) is 7. The van der Waals surface area contributed by atoms with E-state index in [4.69, 9.17) is 0 Å². The fourth-order valence-electron chi connectivity index (χ4n) is 1.62. The molecule has 0 aliphatic rings. The number of nitro benzene ring substituents is 1. The highest BCUT2D eigenvalue weighted by Gasteiger charge is 2.10. The van der Waals surface area contributed by atoms with E-state index in [0.29, 0.717) is 12.4 Å². The van der Waals surface area contributed by atoms with Gasteiger partial charge in [-0.1, -0.05) is 12.1 Å². The Morgan fingerprint density at radius 3 is 2.95 bits per heavy atom. The van der Waals surface area contributed by atoms with Crippen LogP contribution in [0.15, 0.2) is 36.5 Å². The van der Waals surface area contributed by atoms with E-state index in [-0.39, 0.29) is 11.5 Å². The Bertz CT molecular complexity index is 675. The Labute approximate surface area is 120 Å². The summed E-state index contributed by atoms with van der Waals surface area (Å²) in [6, 6.07) is 7.83. The highest BCUT2D eigenvalue weighted by molar-refractivity contribution is 5.85. The van der Waals surface area contributed by atoms with E-state index in [1.807, 2.05) is 0 Å². The van der Waals surface area contributed by atoms with Gasteiger partial charge in [-0.05, 0) is 11.6 Å². The zero-order valence-corrected chi connectivity index (χ0v) is 11.1. The van der Waals surface area contributed by atoms with E-state index >= 15 is 0 Å². The number of methoxy groups -OCH3 is 1. The molecular formula is C13H12N4O4. The van der Waals surface area contributed by atoms with Crippen LogP contribution in [0.5, 0.6) is 0 Å². The van der Waals surface area contributed by atoms with Gasteiger partial charge < -0.3 is 10.1 Å². The number of rotatable bonds is 5. The third-order valence-electron chi connectivity index (χ3n) is 2.62. The number of carbonyl (C=O) groups is 1. The van der Waals surface area contributed by atoms with Crippen molar-refractivity contribution in [3.05, 3.63) is 58.0 Å². The van der Waals surface area contributed by atoms with Crippen molar-refractivity contribution in [3.8, 4) is 0 Å². The summed E-state index contributed by atoms with van der Waals surface area (Å²) in [7, 11) is 1.24. The van der Waals surface area contributed by atoms with E-state index in [9.17, 15) is 14.9 Å². The van der Waals surface area contributed by atoms with Crippen LogP contribution in [0, 0.1) is 10.1 Å². The minimum Gasteiger partial charge on any atom is -0.463 e. The van der Waals surface area contributed by atoms with Crippen molar-refractivity contribution >= 4 is 17.5 Å². The van der Waals surface area contributed by atoms with Crippen LogP contribution in [-0.4, -0.2) is 28.0 Å². The van der Waals surface area contributed by atoms with Gasteiger partial charge >= 0.3 is 5.97 Å². The van der Waals surface area contributed by atoms with Gasteiger partial charge in [0.25, 0.3) is 5.69 Å². The molecular weight excluding hydrogens is 276 g/mol. The number of benzene rings is 1. The van der Waals surface area contributed by atoms with Crippen LogP contribution in [0.4, 0.5) is 11.5 Å². The first kappa shape index (κ1) is 14.4. The molecule has 1 aromatic heterocycles. The first-order valence-corrected chi connectivity index (χ1v) is 5.98. The summed E-state index contributed by atoms with van der Waals surface area (Å²) in [6.07, 6.45) is 1.43. The van der Waals surface area contributed by atoms with Gasteiger partial charge in [-0.25, -0.2) is 14.8 Å². The SMILES string of the molecule is COC(=O)c1nccc(NCc2cccc([N+](=O)[O-])c2)n1. The van der Waals surface area contributed by atoms with Gasteiger partial charge in [0.2, 0.25) is 5.82 Å². The maximum Gasteiger partial charge on any atom is 0.376 e. The van der Waals surface area contributed by atoms with Crippen LogP contribution in [0.25, 0.3) is 0 Å². The summed E-state index contributed by atoms with van der Waals surface area (Å²) in [5, 5.41) is 13.7. The van der Waals surface area contributed by atoms with E-state index in [1.54, 1.807) is 18.2 Å². The molecule has 0 spiro atoms. The molecule has 0 atom stereocenters. The summed E-state index contributed by atoms with van der Waals surface area (Å²) in [4.78, 5) is 29.3. The van der Waals surface area contributed by atoms with Crippen LogP contribution in [0.3, 0.4) is 0 Å². The monoisotopic (exact) mass is 288 g/mol. The van der Waals surface area contributed by atoms with Gasteiger partial charge in [0, 0.05) is 24.9 Å². The average molecular weight is 288 g/mol. The zero-order chi connectivity index (χ0) is 15.2. The Hall–Kier alpha value is -3.03. The predicted octanol–water partition coefficient (Wildman–Crippen LogP) is 1.78. The summed E-state index contributed by atoms with van der Waals surface area (Å²) in [5.41, 5.74) is 0.745. The number of ether oxygens (including phenoxy) is 1. The molecule has 0 amide bonds.